The molecule has 0 spiro atoms. The normalized spacial score (nSPS) is 12.2. The van der Waals surface area contributed by atoms with Crippen LogP contribution in [0.25, 0.3) is 83.5 Å². The molecule has 0 fully saturated rings. The first-order chi connectivity index (χ1) is 31.2. The lowest BCUT2D eigenvalue weighted by molar-refractivity contribution is 0.768. The number of rotatable bonds is 8. The fourth-order valence-electron chi connectivity index (χ4n) is 9.20. The minimum atomic E-state index is -0.530. The Kier molecular flexibility index (Phi) is 9.41. The molecule has 0 atom stereocenters. The fraction of sp³-hybridized carbons (Fsp3) is 0.0169. The van der Waals surface area contributed by atoms with Crippen LogP contribution < -0.4 is 0 Å². The Hall–Kier alpha value is -8.52. The summed E-state index contributed by atoms with van der Waals surface area (Å²) in [5.74, 6) is 1.85. The molecule has 11 rings (SSSR count). The van der Waals surface area contributed by atoms with Gasteiger partial charge in [-0.15, -0.1) is 0 Å². The Labute approximate surface area is 367 Å². The van der Waals surface area contributed by atoms with Crippen molar-refractivity contribution in [3.8, 4) is 78.7 Å². The van der Waals surface area contributed by atoms with Gasteiger partial charge in [0.15, 0.2) is 23.2 Å². The van der Waals surface area contributed by atoms with Crippen LogP contribution in [0.15, 0.2) is 231 Å². The second-order valence-corrected chi connectivity index (χ2v) is 15.9. The Bertz CT molecular complexity index is 3250. The van der Waals surface area contributed by atoms with E-state index in [0.29, 0.717) is 23.2 Å². The van der Waals surface area contributed by atoms with Crippen molar-refractivity contribution in [2.75, 3.05) is 0 Å². The van der Waals surface area contributed by atoms with E-state index in [2.05, 4.69) is 193 Å². The third kappa shape index (κ3) is 6.70. The molecule has 4 heteroatoms. The van der Waals surface area contributed by atoms with Crippen LogP contribution in [-0.2, 0) is 5.41 Å². The van der Waals surface area contributed by atoms with E-state index in [4.69, 9.17) is 21.5 Å². The third-order valence-electron chi connectivity index (χ3n) is 12.3. The largest absolute Gasteiger partial charge is 0.238 e. The molecule has 0 aliphatic heterocycles. The molecule has 0 N–H and O–H groups in total. The smallest absolute Gasteiger partial charge is 0.187 e. The van der Waals surface area contributed by atoms with Gasteiger partial charge in [0.2, 0.25) is 0 Å². The van der Waals surface area contributed by atoms with Crippen LogP contribution in [0, 0.1) is 6.57 Å². The van der Waals surface area contributed by atoms with Gasteiger partial charge in [-0.3, -0.25) is 0 Å². The zero-order chi connectivity index (χ0) is 42.2. The highest BCUT2D eigenvalue weighted by molar-refractivity contribution is 5.90. The van der Waals surface area contributed by atoms with Gasteiger partial charge in [-0.05, 0) is 78.9 Å². The minimum Gasteiger partial charge on any atom is -0.238 e. The van der Waals surface area contributed by atoms with Crippen LogP contribution in [0.1, 0.15) is 22.3 Å². The SMILES string of the molecule is [C-]#[N+]c1ccc2c(c1)-c1cc(-c3ccc(-c4nc(-c5ccccc5)nc(-c5ccc(-c6ccc(-c7ccccc7)cc6)cc5)n4)cc3)ccc1C2(c1ccccc1)c1ccccc1. The maximum Gasteiger partial charge on any atom is 0.187 e. The molecular weight excluding hydrogens is 765 g/mol. The van der Waals surface area contributed by atoms with Crippen molar-refractivity contribution in [2.45, 2.75) is 5.41 Å². The first kappa shape index (κ1) is 37.5. The third-order valence-corrected chi connectivity index (χ3v) is 12.3. The van der Waals surface area contributed by atoms with Gasteiger partial charge in [-0.1, -0.05) is 218 Å². The second kappa shape index (κ2) is 15.8. The zero-order valence-corrected chi connectivity index (χ0v) is 34.2. The average molecular weight is 803 g/mol. The van der Waals surface area contributed by atoms with Crippen LogP contribution in [0.5, 0.6) is 0 Å². The van der Waals surface area contributed by atoms with Gasteiger partial charge in [0.25, 0.3) is 0 Å². The number of hydrogen-bond donors (Lipinski definition) is 0. The molecule has 0 bridgehead atoms. The maximum atomic E-state index is 7.89. The zero-order valence-electron chi connectivity index (χ0n) is 34.2. The minimum absolute atomic E-state index is 0.530. The Morgan fingerprint density at radius 2 is 0.619 bits per heavy atom. The van der Waals surface area contributed by atoms with Crippen molar-refractivity contribution in [2.24, 2.45) is 0 Å². The van der Waals surface area contributed by atoms with Gasteiger partial charge in [-0.25, -0.2) is 19.8 Å². The van der Waals surface area contributed by atoms with Crippen LogP contribution >= 0.6 is 0 Å². The molecule has 0 radical (unpaired) electrons. The molecule has 1 aliphatic carbocycles. The molecular formula is C59H38N4. The number of aromatic nitrogens is 3. The van der Waals surface area contributed by atoms with Crippen molar-refractivity contribution in [1.29, 1.82) is 0 Å². The first-order valence-electron chi connectivity index (χ1n) is 21.1. The molecule has 0 amide bonds. The highest BCUT2D eigenvalue weighted by Crippen LogP contribution is 2.57. The summed E-state index contributed by atoms with van der Waals surface area (Å²) in [6.45, 7) is 7.89. The topological polar surface area (TPSA) is 43.0 Å². The van der Waals surface area contributed by atoms with Crippen LogP contribution in [0.2, 0.25) is 0 Å². The van der Waals surface area contributed by atoms with Crippen molar-refractivity contribution >= 4 is 5.69 Å². The first-order valence-corrected chi connectivity index (χ1v) is 21.1. The summed E-state index contributed by atoms with van der Waals surface area (Å²) in [6, 6.07) is 80.6. The predicted octanol–water partition coefficient (Wildman–Crippen LogP) is 14.8. The average Bonchev–Trinajstić information content (AvgIpc) is 3.67. The van der Waals surface area contributed by atoms with E-state index in [0.717, 1.165) is 50.1 Å². The summed E-state index contributed by atoms with van der Waals surface area (Å²) in [7, 11) is 0. The number of benzene rings is 9. The molecule has 1 heterocycles. The van der Waals surface area contributed by atoms with Gasteiger partial charge in [0.1, 0.15) is 0 Å². The van der Waals surface area contributed by atoms with E-state index >= 15 is 0 Å². The van der Waals surface area contributed by atoms with E-state index in [-0.39, 0.29) is 0 Å². The highest BCUT2D eigenvalue weighted by atomic mass is 15.0. The van der Waals surface area contributed by atoms with Crippen molar-refractivity contribution in [1.82, 2.24) is 15.0 Å². The van der Waals surface area contributed by atoms with E-state index in [1.807, 2.05) is 42.5 Å². The van der Waals surface area contributed by atoms with Gasteiger partial charge < -0.3 is 0 Å². The molecule has 0 saturated heterocycles. The van der Waals surface area contributed by atoms with Crippen LogP contribution in [0.3, 0.4) is 0 Å². The number of fused-ring (bicyclic) bond motifs is 3. The van der Waals surface area contributed by atoms with Crippen molar-refractivity contribution in [3.05, 3.63) is 264 Å². The van der Waals surface area contributed by atoms with E-state index in [1.54, 1.807) is 0 Å². The summed E-state index contributed by atoms with van der Waals surface area (Å²) in [5.41, 5.74) is 16.7. The van der Waals surface area contributed by atoms with Crippen LogP contribution in [-0.4, -0.2) is 15.0 Å². The van der Waals surface area contributed by atoms with E-state index < -0.39 is 5.41 Å². The highest BCUT2D eigenvalue weighted by Gasteiger charge is 2.46. The van der Waals surface area contributed by atoms with Gasteiger partial charge in [-0.2, -0.15) is 0 Å². The molecule has 1 aliphatic rings. The van der Waals surface area contributed by atoms with E-state index in [9.17, 15) is 0 Å². The lowest BCUT2D eigenvalue weighted by Gasteiger charge is -2.34. The van der Waals surface area contributed by atoms with Crippen molar-refractivity contribution in [3.63, 3.8) is 0 Å². The molecule has 4 nitrogen and oxygen atoms in total. The number of hydrogen-bond acceptors (Lipinski definition) is 3. The maximum absolute atomic E-state index is 7.89. The summed E-state index contributed by atoms with van der Waals surface area (Å²) >= 11 is 0. The van der Waals surface area contributed by atoms with Crippen LogP contribution in [0.4, 0.5) is 5.69 Å². The lowest BCUT2D eigenvalue weighted by Crippen LogP contribution is -2.28. The van der Waals surface area contributed by atoms with E-state index in [1.165, 1.54) is 33.4 Å². The lowest BCUT2D eigenvalue weighted by atomic mass is 9.67. The Morgan fingerprint density at radius 3 is 1.06 bits per heavy atom. The molecule has 9 aromatic carbocycles. The molecule has 1 aromatic heterocycles. The summed E-state index contributed by atoms with van der Waals surface area (Å²) in [5, 5.41) is 0. The predicted molar refractivity (Wildman–Crippen MR) is 256 cm³/mol. The Morgan fingerprint density at radius 1 is 0.302 bits per heavy atom. The fourth-order valence-corrected chi connectivity index (χ4v) is 9.20. The monoisotopic (exact) mass is 802 g/mol. The Balaban J connectivity index is 0.955. The van der Waals surface area contributed by atoms with Gasteiger partial charge in [0.05, 0.1) is 12.0 Å². The van der Waals surface area contributed by atoms with Gasteiger partial charge in [0, 0.05) is 16.7 Å². The molecule has 0 unspecified atom stereocenters. The standard InChI is InChI=1S/C59H38N4/c1-60-51-35-37-55-53(39-51)52-38-48(34-36-54(52)59(55,49-18-10-4-11-19-49)50-20-12-5-13-21-50)44-28-32-47(33-29-44)58-62-56(45-16-8-3-9-17-45)61-57(63-58)46-30-26-43(27-31-46)42-24-22-41(23-25-42)40-14-6-2-7-15-40/h2-39H. The summed E-state index contributed by atoms with van der Waals surface area (Å²) < 4.78 is 0. The summed E-state index contributed by atoms with van der Waals surface area (Å²) in [4.78, 5) is 18.9. The molecule has 63 heavy (non-hydrogen) atoms. The second-order valence-electron chi connectivity index (χ2n) is 15.9. The molecule has 0 saturated carbocycles. The summed E-state index contributed by atoms with van der Waals surface area (Å²) in [6.07, 6.45) is 0. The number of nitrogens with zero attached hydrogens (tertiary/aromatic N) is 4. The van der Waals surface area contributed by atoms with Crippen molar-refractivity contribution < 1.29 is 0 Å². The molecule has 10 aromatic rings. The molecule has 294 valence electrons. The van der Waals surface area contributed by atoms with Gasteiger partial charge >= 0.3 is 0 Å². The quantitative estimate of drug-likeness (QED) is 0.144.